The molecule has 0 amide bonds. The molecule has 0 heterocycles. The average molecular weight is 401 g/mol. The predicted octanol–water partition coefficient (Wildman–Crippen LogP) is 4.08. The Bertz CT molecular complexity index is 1040. The number of fused-ring (bicyclic) bond motifs is 1. The Morgan fingerprint density at radius 3 is 2.48 bits per heavy atom. The normalized spacial score (nSPS) is 15.0. The molecule has 0 atom stereocenters. The third-order valence-electron chi connectivity index (χ3n) is 5.08. The lowest BCUT2D eigenvalue weighted by Crippen LogP contribution is -2.32. The van der Waals surface area contributed by atoms with E-state index in [-0.39, 0.29) is 29.6 Å². The lowest BCUT2D eigenvalue weighted by atomic mass is 9.94. The summed E-state index contributed by atoms with van der Waals surface area (Å²) in [5, 5.41) is 0. The summed E-state index contributed by atoms with van der Waals surface area (Å²) in [6, 6.07) is 8.71. The number of ketones is 1. The van der Waals surface area contributed by atoms with Crippen LogP contribution in [0.1, 0.15) is 40.3 Å². The third-order valence-corrected chi connectivity index (χ3v) is 5.08. The van der Waals surface area contributed by atoms with E-state index in [0.29, 0.717) is 24.0 Å². The molecular formula is C23H26O6. The van der Waals surface area contributed by atoms with Gasteiger partial charge in [0, 0.05) is 17.5 Å². The van der Waals surface area contributed by atoms with Gasteiger partial charge in [0.25, 0.3) is 0 Å². The van der Waals surface area contributed by atoms with Gasteiger partial charge < -0.3 is 18.9 Å². The van der Waals surface area contributed by atoms with E-state index in [4.69, 9.17) is 23.1 Å². The lowest BCUT2D eigenvalue weighted by Gasteiger charge is -2.24. The van der Waals surface area contributed by atoms with Crippen molar-refractivity contribution >= 4 is 11.8 Å². The van der Waals surface area contributed by atoms with Gasteiger partial charge in [0.15, 0.2) is 17.3 Å². The van der Waals surface area contributed by atoms with Crippen molar-refractivity contribution in [1.82, 2.24) is 0 Å². The smallest absolute Gasteiger partial charge is 0.314 e. The molecule has 0 radical (unpaired) electrons. The number of Topliss-reactive ketones (excluding diaryl/α,β-unsaturated/α-hetero) is 1. The minimum atomic E-state index is -2.77. The summed E-state index contributed by atoms with van der Waals surface area (Å²) in [5.74, 6) is -0.243. The molecule has 6 heteroatoms. The van der Waals surface area contributed by atoms with Gasteiger partial charge in [-0.3, -0.25) is 9.59 Å². The van der Waals surface area contributed by atoms with Gasteiger partial charge >= 0.3 is 5.97 Å². The van der Waals surface area contributed by atoms with Crippen LogP contribution in [-0.4, -0.2) is 39.6 Å². The molecule has 0 saturated heterocycles. The Labute approximate surface area is 174 Å². The lowest BCUT2D eigenvalue weighted by molar-refractivity contribution is -0.152. The highest BCUT2D eigenvalue weighted by Crippen LogP contribution is 2.47. The van der Waals surface area contributed by atoms with Crippen LogP contribution in [0, 0.1) is 5.41 Å². The van der Waals surface area contributed by atoms with Crippen LogP contribution in [0.5, 0.6) is 17.2 Å². The molecule has 3 rings (SSSR count). The van der Waals surface area contributed by atoms with Crippen molar-refractivity contribution in [3.05, 3.63) is 41.5 Å². The third kappa shape index (κ3) is 3.79. The number of hydrogen-bond acceptors (Lipinski definition) is 6. The molecule has 154 valence electrons. The Kier molecular flexibility index (Phi) is 4.75. The highest BCUT2D eigenvalue weighted by atomic mass is 16.5. The van der Waals surface area contributed by atoms with Crippen molar-refractivity contribution in [3.8, 4) is 28.4 Å². The Hall–Kier alpha value is -3.02. The molecule has 0 N–H and O–H groups in total. The molecule has 1 aliphatic rings. The zero-order valence-electron chi connectivity index (χ0n) is 20.0. The molecule has 0 bridgehead atoms. The highest BCUT2D eigenvalue weighted by molar-refractivity contribution is 6.02. The fourth-order valence-electron chi connectivity index (χ4n) is 3.49. The number of esters is 1. The Balaban J connectivity index is 2.19. The van der Waals surface area contributed by atoms with Crippen molar-refractivity contribution in [2.75, 3.05) is 27.9 Å². The van der Waals surface area contributed by atoms with Gasteiger partial charge in [-0.15, -0.1) is 0 Å². The van der Waals surface area contributed by atoms with Crippen molar-refractivity contribution in [3.63, 3.8) is 0 Å². The number of rotatable bonds is 7. The number of hydrogen-bond donors (Lipinski definition) is 0. The van der Waals surface area contributed by atoms with Gasteiger partial charge in [-0.05, 0) is 43.5 Å². The van der Waals surface area contributed by atoms with Crippen LogP contribution in [0.25, 0.3) is 11.1 Å². The van der Waals surface area contributed by atoms with E-state index in [0.717, 1.165) is 11.1 Å². The van der Waals surface area contributed by atoms with Crippen LogP contribution >= 0.6 is 0 Å². The Morgan fingerprint density at radius 1 is 1.03 bits per heavy atom. The summed E-state index contributed by atoms with van der Waals surface area (Å²) in [5.41, 5.74) is 1.76. The highest BCUT2D eigenvalue weighted by Gasteiger charge is 2.32. The number of carbonyl (C=O) groups is 2. The molecule has 0 aromatic heterocycles. The minimum absolute atomic E-state index is 0.0589. The predicted molar refractivity (Wildman–Crippen MR) is 109 cm³/mol. The van der Waals surface area contributed by atoms with Gasteiger partial charge in [0.1, 0.15) is 6.61 Å². The largest absolute Gasteiger partial charge is 0.493 e. The number of methoxy groups -OCH3 is 3. The van der Waals surface area contributed by atoms with E-state index in [2.05, 4.69) is 0 Å². The van der Waals surface area contributed by atoms with E-state index in [1.807, 2.05) is 6.07 Å². The first-order chi connectivity index (χ1) is 15.0. The zero-order valence-corrected chi connectivity index (χ0v) is 17.0. The zero-order chi connectivity index (χ0) is 23.7. The van der Waals surface area contributed by atoms with Gasteiger partial charge in [-0.25, -0.2) is 0 Å². The van der Waals surface area contributed by atoms with E-state index in [9.17, 15) is 9.59 Å². The fourth-order valence-corrected chi connectivity index (χ4v) is 3.49. The van der Waals surface area contributed by atoms with Crippen molar-refractivity contribution < 1.29 is 32.6 Å². The first-order valence-corrected chi connectivity index (χ1v) is 9.25. The molecule has 6 nitrogen and oxygen atoms in total. The molecule has 0 fully saturated rings. The van der Waals surface area contributed by atoms with E-state index in [1.54, 1.807) is 38.1 Å². The summed E-state index contributed by atoms with van der Waals surface area (Å²) >= 11 is 0. The average Bonchev–Trinajstić information content (AvgIpc) is 3.12. The van der Waals surface area contributed by atoms with Gasteiger partial charge in [0.2, 0.25) is 5.75 Å². The Morgan fingerprint density at radius 2 is 1.79 bits per heavy atom. The van der Waals surface area contributed by atoms with Gasteiger partial charge in [0.05, 0.1) is 30.8 Å². The van der Waals surface area contributed by atoms with Crippen LogP contribution in [0.3, 0.4) is 0 Å². The first-order valence-electron chi connectivity index (χ1n) is 10.7. The second-order valence-corrected chi connectivity index (χ2v) is 7.49. The van der Waals surface area contributed by atoms with Crippen molar-refractivity contribution in [2.24, 2.45) is 5.41 Å². The summed E-state index contributed by atoms with van der Waals surface area (Å²) in [6.45, 7) is 3.20. The fraction of sp³-hybridized carbons (Fsp3) is 0.391. The maximum atomic E-state index is 12.3. The van der Waals surface area contributed by atoms with E-state index >= 15 is 0 Å². The molecule has 2 aromatic rings. The molecule has 0 spiro atoms. The summed E-state index contributed by atoms with van der Waals surface area (Å²) in [6.07, 6.45) is 0.978. The first kappa shape index (κ1) is 16.9. The van der Waals surface area contributed by atoms with Crippen LogP contribution in [0.15, 0.2) is 30.3 Å². The van der Waals surface area contributed by atoms with E-state index in [1.165, 1.54) is 14.2 Å². The molecule has 1 aliphatic carbocycles. The molecule has 2 aromatic carbocycles. The summed E-state index contributed by atoms with van der Waals surface area (Å²) in [4.78, 5) is 24.4. The SMILES string of the molecule is [2H]C([2H])([2H])Oc1c(OC)ccc(-c2cccc3c2CCC3=O)c1OCC(C)(C)C(=O)OC. The second-order valence-electron chi connectivity index (χ2n) is 7.49. The molecule has 0 saturated carbocycles. The standard InChI is InChI=1S/C23H26O6/c1-23(2,22(25)28-5)13-29-20-17(10-12-19(26-3)21(20)27-4)14-7-6-8-16-15(14)9-11-18(16)24/h6-8,10,12H,9,11,13H2,1-5H3/i4D3. The van der Waals surface area contributed by atoms with Gasteiger partial charge in [-0.1, -0.05) is 18.2 Å². The second kappa shape index (κ2) is 8.15. The van der Waals surface area contributed by atoms with Gasteiger partial charge in [-0.2, -0.15) is 0 Å². The maximum Gasteiger partial charge on any atom is 0.314 e. The summed E-state index contributed by atoms with van der Waals surface area (Å²) < 4.78 is 44.3. The maximum absolute atomic E-state index is 12.3. The van der Waals surface area contributed by atoms with Crippen LogP contribution in [0.4, 0.5) is 0 Å². The number of ether oxygens (including phenoxy) is 4. The van der Waals surface area contributed by atoms with Crippen LogP contribution in [0.2, 0.25) is 0 Å². The van der Waals surface area contributed by atoms with Crippen LogP contribution in [-0.2, 0) is 16.0 Å². The summed E-state index contributed by atoms with van der Waals surface area (Å²) in [7, 11) is -0.0899. The van der Waals surface area contributed by atoms with Crippen molar-refractivity contribution in [2.45, 2.75) is 26.7 Å². The number of carbonyl (C=O) groups excluding carboxylic acids is 2. The topological polar surface area (TPSA) is 71.1 Å². The number of benzene rings is 2. The molecule has 0 unspecified atom stereocenters. The molecule has 0 aliphatic heterocycles. The minimum Gasteiger partial charge on any atom is -0.493 e. The molecule has 29 heavy (non-hydrogen) atoms. The van der Waals surface area contributed by atoms with E-state index < -0.39 is 18.4 Å². The quantitative estimate of drug-likeness (QED) is 0.651. The van der Waals surface area contributed by atoms with Crippen molar-refractivity contribution in [1.29, 1.82) is 0 Å². The molecular weight excluding hydrogens is 372 g/mol. The monoisotopic (exact) mass is 401 g/mol. The van der Waals surface area contributed by atoms with Crippen LogP contribution < -0.4 is 14.2 Å².